The van der Waals surface area contributed by atoms with Crippen molar-refractivity contribution in [1.82, 2.24) is 10.3 Å². The molecule has 0 fully saturated rings. The summed E-state index contributed by atoms with van der Waals surface area (Å²) >= 11 is 0. The number of aliphatic hydroxyl groups is 2. The Balaban J connectivity index is 2.55. The van der Waals surface area contributed by atoms with Crippen LogP contribution < -0.4 is 10.9 Å². The standard InChI is InChI=1S/C13H20N2O5/c1-13(2,3)20-12(19)15-7-9(16)10(17)8-5-4-6-14-11(8)18/h4-6,9-10,16-17H,7H2,1-3H3,(H,14,18)(H,15,19). The minimum atomic E-state index is -1.39. The van der Waals surface area contributed by atoms with Crippen molar-refractivity contribution < 1.29 is 19.7 Å². The van der Waals surface area contributed by atoms with Crippen molar-refractivity contribution in [2.24, 2.45) is 0 Å². The number of pyridine rings is 1. The van der Waals surface area contributed by atoms with E-state index >= 15 is 0 Å². The van der Waals surface area contributed by atoms with Crippen LogP contribution in [0.5, 0.6) is 0 Å². The predicted molar refractivity (Wildman–Crippen MR) is 72.3 cm³/mol. The molecule has 1 aromatic rings. The van der Waals surface area contributed by atoms with E-state index in [-0.39, 0.29) is 12.1 Å². The summed E-state index contributed by atoms with van der Waals surface area (Å²) in [5, 5.41) is 21.9. The Hall–Kier alpha value is -1.86. The molecular weight excluding hydrogens is 264 g/mol. The van der Waals surface area contributed by atoms with Crippen LogP contribution in [0.4, 0.5) is 4.79 Å². The van der Waals surface area contributed by atoms with Crippen molar-refractivity contribution in [3.05, 3.63) is 34.2 Å². The molecule has 112 valence electrons. The number of H-pyrrole nitrogens is 1. The van der Waals surface area contributed by atoms with E-state index in [1.807, 2.05) is 0 Å². The van der Waals surface area contributed by atoms with Gasteiger partial charge in [-0.25, -0.2) is 4.79 Å². The van der Waals surface area contributed by atoms with Crippen molar-refractivity contribution in [3.63, 3.8) is 0 Å². The second-order valence-electron chi connectivity index (χ2n) is 5.35. The second kappa shape index (κ2) is 6.53. The number of ether oxygens (including phenoxy) is 1. The third-order valence-corrected chi connectivity index (χ3v) is 2.39. The van der Waals surface area contributed by atoms with Gasteiger partial charge in [0.05, 0.1) is 0 Å². The smallest absolute Gasteiger partial charge is 0.407 e. The lowest BCUT2D eigenvalue weighted by Gasteiger charge is -2.22. The molecule has 0 aliphatic rings. The van der Waals surface area contributed by atoms with Gasteiger partial charge in [0.15, 0.2) is 0 Å². The number of aromatic nitrogens is 1. The monoisotopic (exact) mass is 284 g/mol. The third kappa shape index (κ3) is 5.02. The Labute approximate surface area is 116 Å². The van der Waals surface area contributed by atoms with Gasteiger partial charge in [-0.05, 0) is 32.9 Å². The molecule has 1 amide bonds. The van der Waals surface area contributed by atoms with Crippen LogP contribution in [-0.4, -0.2) is 39.5 Å². The van der Waals surface area contributed by atoms with Crippen LogP contribution in [0.2, 0.25) is 0 Å². The largest absolute Gasteiger partial charge is 0.444 e. The quantitative estimate of drug-likeness (QED) is 0.635. The molecule has 0 saturated heterocycles. The van der Waals surface area contributed by atoms with Crippen molar-refractivity contribution in [2.45, 2.75) is 38.6 Å². The van der Waals surface area contributed by atoms with E-state index < -0.39 is 29.5 Å². The molecule has 1 aromatic heterocycles. The number of hydrogen-bond acceptors (Lipinski definition) is 5. The molecule has 2 unspecified atom stereocenters. The molecule has 1 heterocycles. The molecule has 0 spiro atoms. The highest BCUT2D eigenvalue weighted by Gasteiger charge is 2.23. The van der Waals surface area contributed by atoms with E-state index in [1.165, 1.54) is 18.3 Å². The Morgan fingerprint density at radius 2 is 2.10 bits per heavy atom. The van der Waals surface area contributed by atoms with Crippen molar-refractivity contribution in [1.29, 1.82) is 0 Å². The number of aliphatic hydroxyl groups excluding tert-OH is 2. The van der Waals surface area contributed by atoms with Gasteiger partial charge < -0.3 is 25.3 Å². The summed E-state index contributed by atoms with van der Waals surface area (Å²) in [4.78, 5) is 25.2. The van der Waals surface area contributed by atoms with Crippen molar-refractivity contribution in [2.75, 3.05) is 6.54 Å². The molecular formula is C13H20N2O5. The molecule has 7 nitrogen and oxygen atoms in total. The number of carbonyl (C=O) groups excluding carboxylic acids is 1. The summed E-state index contributed by atoms with van der Waals surface area (Å²) in [6, 6.07) is 2.94. The lowest BCUT2D eigenvalue weighted by Crippen LogP contribution is -2.39. The first kappa shape index (κ1) is 16.2. The molecule has 0 aliphatic heterocycles. The zero-order valence-corrected chi connectivity index (χ0v) is 11.7. The van der Waals surface area contributed by atoms with E-state index in [4.69, 9.17) is 4.74 Å². The van der Waals surface area contributed by atoms with E-state index in [0.29, 0.717) is 0 Å². The molecule has 1 rings (SSSR count). The number of aromatic amines is 1. The Morgan fingerprint density at radius 3 is 2.65 bits per heavy atom. The number of rotatable bonds is 4. The number of hydrogen-bond donors (Lipinski definition) is 4. The highest BCUT2D eigenvalue weighted by Crippen LogP contribution is 2.12. The maximum atomic E-state index is 11.5. The van der Waals surface area contributed by atoms with Crippen LogP contribution in [-0.2, 0) is 4.74 Å². The first-order valence-corrected chi connectivity index (χ1v) is 6.21. The van der Waals surface area contributed by atoms with Crippen LogP contribution in [0.1, 0.15) is 32.4 Å². The minimum Gasteiger partial charge on any atom is -0.444 e. The summed E-state index contributed by atoms with van der Waals surface area (Å²) < 4.78 is 4.99. The van der Waals surface area contributed by atoms with Gasteiger partial charge in [-0.2, -0.15) is 0 Å². The Morgan fingerprint density at radius 1 is 1.45 bits per heavy atom. The summed E-state index contributed by atoms with van der Waals surface area (Å²) in [5.74, 6) is 0. The lowest BCUT2D eigenvalue weighted by atomic mass is 10.1. The second-order valence-corrected chi connectivity index (χ2v) is 5.35. The maximum Gasteiger partial charge on any atom is 0.407 e. The fourth-order valence-corrected chi connectivity index (χ4v) is 1.49. The number of carbonyl (C=O) groups is 1. The first-order chi connectivity index (χ1) is 9.20. The average molecular weight is 284 g/mol. The van der Waals surface area contributed by atoms with E-state index in [1.54, 1.807) is 20.8 Å². The van der Waals surface area contributed by atoms with Gasteiger partial charge in [-0.15, -0.1) is 0 Å². The van der Waals surface area contributed by atoms with Gasteiger partial charge in [0.25, 0.3) is 5.56 Å². The summed E-state index contributed by atoms with van der Waals surface area (Å²) in [7, 11) is 0. The van der Waals surface area contributed by atoms with Crippen LogP contribution in [0.25, 0.3) is 0 Å². The topological polar surface area (TPSA) is 112 Å². The molecule has 2 atom stereocenters. The van der Waals surface area contributed by atoms with Crippen molar-refractivity contribution in [3.8, 4) is 0 Å². The normalized spacial score (nSPS) is 14.4. The summed E-state index contributed by atoms with van der Waals surface area (Å²) in [6.45, 7) is 4.90. The van der Waals surface area contributed by atoms with E-state index in [0.717, 1.165) is 0 Å². The van der Waals surface area contributed by atoms with Gasteiger partial charge in [0.2, 0.25) is 0 Å². The highest BCUT2D eigenvalue weighted by atomic mass is 16.6. The molecule has 7 heteroatoms. The SMILES string of the molecule is CC(C)(C)OC(=O)NCC(O)C(O)c1ccc[nH]c1=O. The molecule has 20 heavy (non-hydrogen) atoms. The zero-order valence-electron chi connectivity index (χ0n) is 11.7. The van der Waals surface area contributed by atoms with Gasteiger partial charge in [-0.3, -0.25) is 4.79 Å². The van der Waals surface area contributed by atoms with Crippen LogP contribution >= 0.6 is 0 Å². The number of amides is 1. The van der Waals surface area contributed by atoms with Crippen LogP contribution in [0.15, 0.2) is 23.1 Å². The fraction of sp³-hybridized carbons (Fsp3) is 0.538. The van der Waals surface area contributed by atoms with Gasteiger partial charge in [-0.1, -0.05) is 0 Å². The molecule has 0 aliphatic carbocycles. The summed E-state index contributed by atoms with van der Waals surface area (Å²) in [6.07, 6.45) is -1.99. The van der Waals surface area contributed by atoms with Gasteiger partial charge >= 0.3 is 6.09 Å². The molecule has 0 saturated carbocycles. The van der Waals surface area contributed by atoms with Gasteiger partial charge in [0.1, 0.15) is 17.8 Å². The first-order valence-electron chi connectivity index (χ1n) is 6.21. The molecule has 0 bridgehead atoms. The lowest BCUT2D eigenvalue weighted by molar-refractivity contribution is 0.0123. The molecule has 0 aromatic carbocycles. The zero-order chi connectivity index (χ0) is 15.3. The average Bonchev–Trinajstić information content (AvgIpc) is 2.33. The van der Waals surface area contributed by atoms with E-state index in [9.17, 15) is 19.8 Å². The van der Waals surface area contributed by atoms with Crippen LogP contribution in [0.3, 0.4) is 0 Å². The maximum absolute atomic E-state index is 11.5. The molecule has 0 radical (unpaired) electrons. The Kier molecular flexibility index (Phi) is 5.29. The summed E-state index contributed by atoms with van der Waals surface area (Å²) in [5.41, 5.74) is -1.10. The minimum absolute atomic E-state index is 0.0333. The van der Waals surface area contributed by atoms with E-state index in [2.05, 4.69) is 10.3 Å². The molecule has 4 N–H and O–H groups in total. The number of alkyl carbamates (subject to hydrolysis) is 1. The highest BCUT2D eigenvalue weighted by molar-refractivity contribution is 5.67. The van der Waals surface area contributed by atoms with Crippen LogP contribution in [0, 0.1) is 0 Å². The Bertz CT molecular complexity index is 506. The van der Waals surface area contributed by atoms with Crippen molar-refractivity contribution >= 4 is 6.09 Å². The third-order valence-electron chi connectivity index (χ3n) is 2.39. The van der Waals surface area contributed by atoms with Gasteiger partial charge in [0, 0.05) is 18.3 Å². The number of nitrogens with one attached hydrogen (secondary N) is 2. The fourth-order valence-electron chi connectivity index (χ4n) is 1.49. The predicted octanol–water partition coefficient (Wildman–Crippen LogP) is 0.294.